The third-order valence-electron chi connectivity index (χ3n) is 4.15. The molecule has 0 unspecified atom stereocenters. The third-order valence-corrected chi connectivity index (χ3v) is 8.72. The van der Waals surface area contributed by atoms with Crippen LogP contribution in [-0.2, 0) is 14.0 Å². The zero-order valence-corrected chi connectivity index (χ0v) is 15.6. The first-order valence-corrected chi connectivity index (χ1v) is 10.3. The molecule has 3 atom stereocenters. The Kier molecular flexibility index (Phi) is 7.58. The first-order valence-electron chi connectivity index (χ1n) is 7.39. The van der Waals surface area contributed by atoms with Gasteiger partial charge in [0.05, 0.1) is 12.2 Å². The molecule has 0 saturated carbocycles. The second kappa shape index (κ2) is 7.92. The van der Waals surface area contributed by atoms with Gasteiger partial charge in [0.1, 0.15) is 12.1 Å². The highest BCUT2D eigenvalue weighted by Gasteiger charge is 2.41. The Morgan fingerprint density at radius 1 is 1.38 bits per heavy atom. The van der Waals surface area contributed by atoms with E-state index < -0.39 is 20.5 Å². The highest BCUT2D eigenvalue weighted by Crippen LogP contribution is 2.38. The predicted octanol–water partition coefficient (Wildman–Crippen LogP) is 3.04. The van der Waals surface area contributed by atoms with Crippen LogP contribution in [0.1, 0.15) is 41.0 Å². The lowest BCUT2D eigenvalue weighted by Gasteiger charge is -2.40. The van der Waals surface area contributed by atoms with Crippen molar-refractivity contribution in [2.45, 2.75) is 71.5 Å². The lowest BCUT2D eigenvalue weighted by Crippen LogP contribution is -2.50. The molecule has 122 valence electrons. The van der Waals surface area contributed by atoms with Crippen molar-refractivity contribution in [1.82, 2.24) is 5.32 Å². The number of nitriles is 1. The molecule has 0 saturated heterocycles. The van der Waals surface area contributed by atoms with Crippen LogP contribution in [0.25, 0.3) is 0 Å². The molecule has 0 aliphatic carbocycles. The number of carbonyl (C=O) groups excluding carboxylic acids is 1. The van der Waals surface area contributed by atoms with E-state index in [4.69, 9.17) is 9.16 Å². The zero-order valence-electron chi connectivity index (χ0n) is 14.6. The van der Waals surface area contributed by atoms with Gasteiger partial charge in [-0.2, -0.15) is 5.26 Å². The van der Waals surface area contributed by atoms with Crippen LogP contribution in [0.3, 0.4) is 0 Å². The number of carbonyl (C=O) groups is 1. The lowest BCUT2D eigenvalue weighted by atomic mass is 10.0. The fourth-order valence-corrected chi connectivity index (χ4v) is 3.12. The highest BCUT2D eigenvalue weighted by molar-refractivity contribution is 6.74. The van der Waals surface area contributed by atoms with Gasteiger partial charge in [-0.3, -0.25) is 4.79 Å². The lowest BCUT2D eigenvalue weighted by molar-refractivity contribution is -0.126. The van der Waals surface area contributed by atoms with Crippen LogP contribution < -0.4 is 5.32 Å². The zero-order chi connectivity index (χ0) is 16.8. The molecule has 0 aliphatic heterocycles. The van der Waals surface area contributed by atoms with Crippen LogP contribution >= 0.6 is 0 Å². The molecule has 0 aromatic rings. The molecule has 1 N–H and O–H groups in total. The van der Waals surface area contributed by atoms with Crippen molar-refractivity contribution in [1.29, 1.82) is 5.26 Å². The molecule has 0 heterocycles. The molecule has 6 heteroatoms. The molecule has 0 spiro atoms. The van der Waals surface area contributed by atoms with Gasteiger partial charge in [0.25, 0.3) is 0 Å². The average molecular weight is 315 g/mol. The summed E-state index contributed by atoms with van der Waals surface area (Å²) in [6.45, 7) is 14.4. The quantitative estimate of drug-likeness (QED) is 0.579. The van der Waals surface area contributed by atoms with Crippen molar-refractivity contribution >= 4 is 14.2 Å². The Hall–Kier alpha value is -0.903. The average Bonchev–Trinajstić information content (AvgIpc) is 2.35. The maximum atomic E-state index is 11.5. The van der Waals surface area contributed by atoms with E-state index in [9.17, 15) is 10.1 Å². The van der Waals surface area contributed by atoms with E-state index in [2.05, 4.69) is 45.3 Å². The highest BCUT2D eigenvalue weighted by atomic mass is 28.4. The number of nitrogens with zero attached hydrogens (tertiary/aromatic N) is 1. The molecule has 0 fully saturated rings. The summed E-state index contributed by atoms with van der Waals surface area (Å²) in [6.07, 6.45) is -0.602. The van der Waals surface area contributed by atoms with Crippen LogP contribution in [0.15, 0.2) is 0 Å². The van der Waals surface area contributed by atoms with E-state index in [0.717, 1.165) is 0 Å². The van der Waals surface area contributed by atoms with E-state index in [-0.39, 0.29) is 17.0 Å². The largest absolute Gasteiger partial charge is 0.413 e. The van der Waals surface area contributed by atoms with E-state index in [1.165, 1.54) is 7.11 Å². The van der Waals surface area contributed by atoms with Crippen LogP contribution in [-0.4, -0.2) is 33.7 Å². The molecule has 0 radical (unpaired) electrons. The number of rotatable bonds is 7. The van der Waals surface area contributed by atoms with Gasteiger partial charge in [0.15, 0.2) is 8.32 Å². The van der Waals surface area contributed by atoms with Crippen molar-refractivity contribution in [3.8, 4) is 6.07 Å². The molecular formula is C15H30N2O3Si. The summed E-state index contributed by atoms with van der Waals surface area (Å²) in [4.78, 5) is 11.5. The fourth-order valence-electron chi connectivity index (χ4n) is 1.69. The van der Waals surface area contributed by atoms with E-state index >= 15 is 0 Å². The van der Waals surface area contributed by atoms with Crippen molar-refractivity contribution in [3.05, 3.63) is 0 Å². The minimum atomic E-state index is -1.97. The van der Waals surface area contributed by atoms with Crippen molar-refractivity contribution in [3.63, 3.8) is 0 Å². The summed E-state index contributed by atoms with van der Waals surface area (Å²) in [5.41, 5.74) is 0. The molecule has 0 aliphatic rings. The molecule has 21 heavy (non-hydrogen) atoms. The predicted molar refractivity (Wildman–Crippen MR) is 86.1 cm³/mol. The summed E-state index contributed by atoms with van der Waals surface area (Å²) in [7, 11) is -0.483. The summed E-state index contributed by atoms with van der Waals surface area (Å²) in [5.74, 6) is -0.679. The standard InChI is InChI=1S/C15H30N2O3Si/c1-9-13(18)17-14(19-6)12(10-16)11(2)20-21(7,8)15(3,4)5/h11-12,14H,9H2,1-8H3,(H,17,18)/t11-,12-,14-/m1/s1. The number of hydrogen-bond acceptors (Lipinski definition) is 4. The molecule has 1 amide bonds. The van der Waals surface area contributed by atoms with Gasteiger partial charge < -0.3 is 14.5 Å². The second-order valence-electron chi connectivity index (χ2n) is 6.82. The van der Waals surface area contributed by atoms with Gasteiger partial charge in [0.2, 0.25) is 5.91 Å². The van der Waals surface area contributed by atoms with Crippen molar-refractivity contribution < 1.29 is 14.0 Å². The normalized spacial score (nSPS) is 16.7. The van der Waals surface area contributed by atoms with Gasteiger partial charge in [-0.05, 0) is 25.1 Å². The Bertz CT molecular complexity index is 385. The Labute approximate surface area is 130 Å². The molecule has 0 bridgehead atoms. The van der Waals surface area contributed by atoms with Crippen LogP contribution in [0.5, 0.6) is 0 Å². The minimum Gasteiger partial charge on any atom is -0.413 e. The summed E-state index contributed by atoms with van der Waals surface area (Å²) >= 11 is 0. The van der Waals surface area contributed by atoms with E-state index in [1.807, 2.05) is 6.92 Å². The maximum absolute atomic E-state index is 11.5. The molecule has 0 rings (SSSR count). The second-order valence-corrected chi connectivity index (χ2v) is 11.6. The number of nitrogens with one attached hydrogen (secondary N) is 1. The summed E-state index contributed by atoms with van der Waals surface area (Å²) < 4.78 is 11.5. The van der Waals surface area contributed by atoms with Crippen LogP contribution in [0.4, 0.5) is 0 Å². The van der Waals surface area contributed by atoms with Crippen LogP contribution in [0.2, 0.25) is 18.1 Å². The molecule has 5 nitrogen and oxygen atoms in total. The monoisotopic (exact) mass is 314 g/mol. The van der Waals surface area contributed by atoms with E-state index in [0.29, 0.717) is 6.42 Å². The maximum Gasteiger partial charge on any atom is 0.221 e. The van der Waals surface area contributed by atoms with Gasteiger partial charge >= 0.3 is 0 Å². The fraction of sp³-hybridized carbons (Fsp3) is 0.867. The van der Waals surface area contributed by atoms with Crippen molar-refractivity contribution in [2.24, 2.45) is 5.92 Å². The molecule has 0 aromatic carbocycles. The summed E-state index contributed by atoms with van der Waals surface area (Å²) in [6, 6.07) is 2.21. The van der Waals surface area contributed by atoms with Crippen LogP contribution in [0, 0.1) is 17.2 Å². The Morgan fingerprint density at radius 2 is 1.90 bits per heavy atom. The number of ether oxygens (including phenoxy) is 1. The third kappa shape index (κ3) is 5.77. The molecule has 0 aromatic heterocycles. The van der Waals surface area contributed by atoms with Gasteiger partial charge in [-0.15, -0.1) is 0 Å². The Balaban J connectivity index is 5.02. The Morgan fingerprint density at radius 3 is 2.24 bits per heavy atom. The smallest absolute Gasteiger partial charge is 0.221 e. The van der Waals surface area contributed by atoms with Crippen molar-refractivity contribution in [2.75, 3.05) is 7.11 Å². The SMILES string of the molecule is CCC(=O)N[C@H](OC)[C@H](C#N)[C@@H](C)O[Si](C)(C)C(C)(C)C. The number of hydrogen-bond donors (Lipinski definition) is 1. The first kappa shape index (κ1) is 20.1. The minimum absolute atomic E-state index is 0.0660. The van der Waals surface area contributed by atoms with Gasteiger partial charge in [-0.1, -0.05) is 27.7 Å². The van der Waals surface area contributed by atoms with Gasteiger partial charge in [-0.25, -0.2) is 0 Å². The number of amides is 1. The topological polar surface area (TPSA) is 71.3 Å². The van der Waals surface area contributed by atoms with Gasteiger partial charge in [0, 0.05) is 13.5 Å². The molecular weight excluding hydrogens is 284 g/mol. The summed E-state index contributed by atoms with van der Waals surface area (Å²) in [5, 5.41) is 12.2. The number of methoxy groups -OCH3 is 1. The first-order chi connectivity index (χ1) is 9.50. The van der Waals surface area contributed by atoms with E-state index in [1.54, 1.807) is 6.92 Å².